The van der Waals surface area contributed by atoms with Gasteiger partial charge in [0.15, 0.2) is 0 Å². The molecule has 184 valence electrons. The van der Waals surface area contributed by atoms with E-state index in [9.17, 15) is 9.59 Å². The molecule has 2 N–H and O–H groups in total. The van der Waals surface area contributed by atoms with E-state index in [1.807, 2.05) is 0 Å². The Morgan fingerprint density at radius 1 is 0.676 bits per heavy atom. The van der Waals surface area contributed by atoms with Crippen molar-refractivity contribution in [3.8, 4) is 11.5 Å². The quantitative estimate of drug-likeness (QED) is 0.463. The van der Waals surface area contributed by atoms with Gasteiger partial charge in [0.05, 0.1) is 13.2 Å². The van der Waals surface area contributed by atoms with Crippen molar-refractivity contribution in [1.29, 1.82) is 0 Å². The summed E-state index contributed by atoms with van der Waals surface area (Å²) >= 11 is 0. The van der Waals surface area contributed by atoms with E-state index in [4.69, 9.17) is 18.9 Å². The van der Waals surface area contributed by atoms with Crippen molar-refractivity contribution in [3.63, 3.8) is 0 Å². The van der Waals surface area contributed by atoms with Gasteiger partial charge in [0, 0.05) is 37.4 Å². The molecule has 2 aromatic rings. The first kappa shape index (κ1) is 25.5. The predicted octanol–water partition coefficient (Wildman–Crippen LogP) is 3.21. The van der Waals surface area contributed by atoms with Crippen LogP contribution in [0.25, 0.3) is 0 Å². The van der Waals surface area contributed by atoms with Crippen molar-refractivity contribution in [2.24, 2.45) is 0 Å². The molecule has 0 aromatic heterocycles. The fraction of sp³-hybridized carbons (Fsp3) is 0.462. The van der Waals surface area contributed by atoms with Gasteiger partial charge in [-0.1, -0.05) is 12.8 Å². The molecule has 0 spiro atoms. The summed E-state index contributed by atoms with van der Waals surface area (Å²) in [5.74, 6) is 1.05. The summed E-state index contributed by atoms with van der Waals surface area (Å²) in [7, 11) is 3.24. The maximum atomic E-state index is 12.8. The molecular formula is C26H34N2O6. The third-order valence-electron chi connectivity index (χ3n) is 5.74. The summed E-state index contributed by atoms with van der Waals surface area (Å²) in [5, 5.41) is 6.21. The lowest BCUT2D eigenvalue weighted by Crippen LogP contribution is -2.53. The summed E-state index contributed by atoms with van der Waals surface area (Å²) < 4.78 is 21.0. The van der Waals surface area contributed by atoms with E-state index in [-0.39, 0.29) is 23.9 Å². The Morgan fingerprint density at radius 2 is 1.06 bits per heavy atom. The second kappa shape index (κ2) is 13.6. The number of carbonyl (C=O) groups excluding carboxylic acids is 2. The van der Waals surface area contributed by atoms with Crippen molar-refractivity contribution in [1.82, 2.24) is 10.6 Å². The molecule has 2 amide bonds. The van der Waals surface area contributed by atoms with Crippen LogP contribution < -0.4 is 20.1 Å². The Bertz CT molecular complexity index is 825. The highest BCUT2D eigenvalue weighted by Crippen LogP contribution is 2.21. The first-order valence-corrected chi connectivity index (χ1v) is 11.7. The number of amides is 2. The van der Waals surface area contributed by atoms with Crippen molar-refractivity contribution in [2.75, 3.05) is 40.6 Å². The van der Waals surface area contributed by atoms with Gasteiger partial charge in [-0.2, -0.15) is 0 Å². The molecule has 0 saturated heterocycles. The van der Waals surface area contributed by atoms with Gasteiger partial charge in [0.2, 0.25) is 0 Å². The van der Waals surface area contributed by atoms with Crippen LogP contribution in [0.1, 0.15) is 46.4 Å². The lowest BCUT2D eigenvalue weighted by atomic mass is 9.89. The Balaban J connectivity index is 1.54. The Kier molecular flexibility index (Phi) is 10.2. The highest BCUT2D eigenvalue weighted by molar-refractivity contribution is 5.95. The van der Waals surface area contributed by atoms with Gasteiger partial charge in [-0.15, -0.1) is 0 Å². The third-order valence-corrected chi connectivity index (χ3v) is 5.74. The van der Waals surface area contributed by atoms with E-state index in [0.717, 1.165) is 25.7 Å². The first-order chi connectivity index (χ1) is 16.6. The normalized spacial score (nSPS) is 17.6. The Hall–Kier alpha value is -3.10. The molecule has 0 bridgehead atoms. The molecule has 34 heavy (non-hydrogen) atoms. The summed E-state index contributed by atoms with van der Waals surface area (Å²) in [5.41, 5.74) is 1.11. The van der Waals surface area contributed by atoms with E-state index >= 15 is 0 Å². The molecule has 1 fully saturated rings. The van der Waals surface area contributed by atoms with Gasteiger partial charge < -0.3 is 29.6 Å². The number of nitrogens with one attached hydrogen (secondary N) is 2. The zero-order chi connectivity index (χ0) is 24.2. The zero-order valence-corrected chi connectivity index (χ0v) is 19.9. The maximum Gasteiger partial charge on any atom is 0.251 e. The fourth-order valence-corrected chi connectivity index (χ4v) is 3.87. The predicted molar refractivity (Wildman–Crippen MR) is 129 cm³/mol. The molecule has 0 radical (unpaired) electrons. The molecule has 2 atom stereocenters. The van der Waals surface area contributed by atoms with E-state index in [0.29, 0.717) is 49.1 Å². The Morgan fingerprint density at radius 3 is 1.41 bits per heavy atom. The van der Waals surface area contributed by atoms with Crippen molar-refractivity contribution >= 4 is 11.8 Å². The third kappa shape index (κ3) is 7.74. The molecule has 8 heteroatoms. The molecule has 0 heterocycles. The van der Waals surface area contributed by atoms with Gasteiger partial charge in [-0.3, -0.25) is 9.59 Å². The monoisotopic (exact) mass is 470 g/mol. The lowest BCUT2D eigenvalue weighted by Gasteiger charge is -2.33. The maximum absolute atomic E-state index is 12.8. The average molecular weight is 471 g/mol. The minimum Gasteiger partial charge on any atom is -0.491 e. The highest BCUT2D eigenvalue weighted by Gasteiger charge is 2.28. The van der Waals surface area contributed by atoms with Crippen LogP contribution in [0.5, 0.6) is 11.5 Å². The number of hydrogen-bond donors (Lipinski definition) is 2. The van der Waals surface area contributed by atoms with Crippen molar-refractivity contribution < 1.29 is 28.5 Å². The van der Waals surface area contributed by atoms with E-state index in [1.165, 1.54) is 0 Å². The topological polar surface area (TPSA) is 95.1 Å². The largest absolute Gasteiger partial charge is 0.491 e. The van der Waals surface area contributed by atoms with E-state index < -0.39 is 0 Å². The summed E-state index contributed by atoms with van der Waals surface area (Å²) in [6.45, 7) is 1.91. The molecule has 2 aromatic carbocycles. The minimum absolute atomic E-state index is 0.125. The van der Waals surface area contributed by atoms with Gasteiger partial charge in [0.1, 0.15) is 24.7 Å². The smallest absolute Gasteiger partial charge is 0.251 e. The van der Waals surface area contributed by atoms with Gasteiger partial charge in [-0.05, 0) is 61.4 Å². The molecule has 8 nitrogen and oxygen atoms in total. The zero-order valence-electron chi connectivity index (χ0n) is 19.9. The van der Waals surface area contributed by atoms with Crippen LogP contribution in [0.4, 0.5) is 0 Å². The summed E-state index contributed by atoms with van der Waals surface area (Å²) in [6.07, 6.45) is 3.66. The van der Waals surface area contributed by atoms with Crippen LogP contribution in [0.2, 0.25) is 0 Å². The molecule has 1 saturated carbocycles. The molecule has 1 aliphatic rings. The average Bonchev–Trinajstić information content (AvgIpc) is 2.86. The van der Waals surface area contributed by atoms with Crippen molar-refractivity contribution in [2.45, 2.75) is 37.8 Å². The van der Waals surface area contributed by atoms with E-state index in [2.05, 4.69) is 10.6 Å². The van der Waals surface area contributed by atoms with Crippen LogP contribution in [-0.2, 0) is 9.47 Å². The van der Waals surface area contributed by atoms with Crippen LogP contribution in [0, 0.1) is 0 Å². The van der Waals surface area contributed by atoms with Gasteiger partial charge in [-0.25, -0.2) is 0 Å². The number of hydrogen-bond acceptors (Lipinski definition) is 6. The summed E-state index contributed by atoms with van der Waals surface area (Å²) in [6, 6.07) is 13.8. The minimum atomic E-state index is -0.160. The van der Waals surface area contributed by atoms with E-state index in [1.54, 1.807) is 62.8 Å². The lowest BCUT2D eigenvalue weighted by molar-refractivity contribution is 0.0862. The molecule has 0 aliphatic heterocycles. The van der Waals surface area contributed by atoms with Gasteiger partial charge in [0.25, 0.3) is 11.8 Å². The van der Waals surface area contributed by atoms with Crippen LogP contribution in [0.15, 0.2) is 48.5 Å². The second-order valence-electron chi connectivity index (χ2n) is 8.18. The Labute approximate surface area is 200 Å². The first-order valence-electron chi connectivity index (χ1n) is 11.7. The van der Waals surface area contributed by atoms with Crippen molar-refractivity contribution in [3.05, 3.63) is 59.7 Å². The molecule has 1 aliphatic carbocycles. The number of methoxy groups -OCH3 is 2. The van der Waals surface area contributed by atoms with Gasteiger partial charge >= 0.3 is 0 Å². The number of rotatable bonds is 12. The number of carbonyl (C=O) groups is 2. The number of benzene rings is 2. The van der Waals surface area contributed by atoms with Crippen LogP contribution in [0.3, 0.4) is 0 Å². The summed E-state index contributed by atoms with van der Waals surface area (Å²) in [4.78, 5) is 25.6. The number of ether oxygens (including phenoxy) is 4. The SMILES string of the molecule is COCCOc1ccc(C(=O)NC2CCCCC2NC(=O)c2ccc(OCCOC)cc2)cc1. The fourth-order valence-electron chi connectivity index (χ4n) is 3.87. The van der Waals surface area contributed by atoms with Crippen LogP contribution >= 0.6 is 0 Å². The highest BCUT2D eigenvalue weighted by atomic mass is 16.5. The second-order valence-corrected chi connectivity index (χ2v) is 8.18. The molecule has 2 unspecified atom stereocenters. The molecule has 3 rings (SSSR count). The van der Waals surface area contributed by atoms with Crippen LogP contribution in [-0.4, -0.2) is 64.5 Å². The molecular weight excluding hydrogens is 436 g/mol. The standard InChI is InChI=1S/C26H34N2O6/c1-31-15-17-33-21-11-7-19(8-12-21)25(29)27-23-5-3-4-6-24(23)28-26(30)20-9-13-22(14-10-20)34-18-16-32-2/h7-14,23-24H,3-6,15-18H2,1-2H3,(H,27,29)(H,28,30).